The van der Waals surface area contributed by atoms with Crippen LogP contribution in [0, 0.1) is 0 Å². The van der Waals surface area contributed by atoms with Gasteiger partial charge >= 0.3 is 11.9 Å². The van der Waals surface area contributed by atoms with Gasteiger partial charge < -0.3 is 15.2 Å². The molecule has 9 heteroatoms. The Kier molecular flexibility index (Phi) is 4.93. The number of hydrogen-bond acceptors (Lipinski definition) is 7. The number of ether oxygens (including phenoxy) is 1. The van der Waals surface area contributed by atoms with Gasteiger partial charge in [-0.3, -0.25) is 4.79 Å². The third kappa shape index (κ3) is 4.29. The van der Waals surface area contributed by atoms with E-state index in [1.165, 1.54) is 5.51 Å². The number of rotatable bonds is 5. The number of carboxylic acids is 1. The summed E-state index contributed by atoms with van der Waals surface area (Å²) in [7, 11) is 1.10. The Balaban J connectivity index is 2.69. The number of methoxy groups -OCH3 is 1. The van der Waals surface area contributed by atoms with Gasteiger partial charge in [0, 0.05) is 6.08 Å². The van der Waals surface area contributed by atoms with E-state index in [0.29, 0.717) is 6.08 Å². The predicted octanol–water partition coefficient (Wildman–Crippen LogP) is 0.0507. The van der Waals surface area contributed by atoms with Gasteiger partial charge in [-0.1, -0.05) is 11.3 Å². The molecule has 1 rings (SSSR count). The monoisotopic (exact) mass is 271 g/mol. The zero-order valence-corrected chi connectivity index (χ0v) is 10.1. The molecule has 0 saturated heterocycles. The normalized spacial score (nSPS) is 10.8. The molecule has 1 heterocycles. The Labute approximate surface area is 105 Å². The number of hydrogen-bond donors (Lipinski definition) is 2. The fourth-order valence-electron chi connectivity index (χ4n) is 1.03. The van der Waals surface area contributed by atoms with Gasteiger partial charge in [0.2, 0.25) is 11.0 Å². The molecule has 0 unspecified atom stereocenters. The molecule has 2 N–H and O–H groups in total. The minimum atomic E-state index is -1.33. The van der Waals surface area contributed by atoms with Crippen molar-refractivity contribution in [1.29, 1.82) is 0 Å². The van der Waals surface area contributed by atoms with Crippen LogP contribution in [0.15, 0.2) is 17.2 Å². The average Bonchev–Trinajstić information content (AvgIpc) is 2.79. The minimum Gasteiger partial charge on any atom is -0.478 e. The van der Waals surface area contributed by atoms with Crippen molar-refractivity contribution in [3.05, 3.63) is 17.2 Å². The van der Waals surface area contributed by atoms with Crippen LogP contribution < -0.4 is 5.32 Å². The van der Waals surface area contributed by atoms with Crippen molar-refractivity contribution in [2.24, 2.45) is 0 Å². The van der Waals surface area contributed by atoms with Crippen LogP contribution in [0.1, 0.15) is 6.42 Å². The second kappa shape index (κ2) is 6.45. The van der Waals surface area contributed by atoms with Crippen molar-refractivity contribution in [2.75, 3.05) is 12.4 Å². The van der Waals surface area contributed by atoms with Gasteiger partial charge in [-0.05, 0) is 0 Å². The standard InChI is InChI=1S/C9H9N3O5S/c1-17-8(16)5(3-7(14)15)2-6(13)11-9-12-10-4-18-9/h3-4H,2H2,1H3,(H,14,15)(H,11,12,13)/b5-3+. The summed E-state index contributed by atoms with van der Waals surface area (Å²) in [5, 5.41) is 18.3. The molecule has 0 aliphatic rings. The molecule has 0 aromatic carbocycles. The average molecular weight is 271 g/mol. The number of aromatic nitrogens is 2. The summed E-state index contributed by atoms with van der Waals surface area (Å²) in [6.45, 7) is 0. The lowest BCUT2D eigenvalue weighted by atomic mass is 10.1. The second-order valence-corrected chi connectivity index (χ2v) is 3.80. The number of carbonyl (C=O) groups is 3. The fourth-order valence-corrected chi connectivity index (χ4v) is 1.49. The zero-order valence-electron chi connectivity index (χ0n) is 9.24. The highest BCUT2D eigenvalue weighted by atomic mass is 32.1. The first-order chi connectivity index (χ1) is 8.52. The molecule has 18 heavy (non-hydrogen) atoms. The quantitative estimate of drug-likeness (QED) is 0.573. The maximum Gasteiger partial charge on any atom is 0.334 e. The second-order valence-electron chi connectivity index (χ2n) is 2.97. The van der Waals surface area contributed by atoms with Gasteiger partial charge in [-0.15, -0.1) is 10.2 Å². The van der Waals surface area contributed by atoms with Gasteiger partial charge in [0.05, 0.1) is 19.1 Å². The van der Waals surface area contributed by atoms with Gasteiger partial charge in [-0.25, -0.2) is 9.59 Å². The van der Waals surface area contributed by atoms with Gasteiger partial charge in [-0.2, -0.15) is 0 Å². The molecule has 96 valence electrons. The number of carboxylic acid groups (broad SMARTS) is 1. The van der Waals surface area contributed by atoms with Crippen LogP contribution in [0.5, 0.6) is 0 Å². The number of amides is 1. The van der Waals surface area contributed by atoms with E-state index in [2.05, 4.69) is 20.3 Å². The first kappa shape index (κ1) is 13.8. The number of carbonyl (C=O) groups excluding carboxylic acids is 2. The summed E-state index contributed by atoms with van der Waals surface area (Å²) in [6.07, 6.45) is 0.212. The molecular weight excluding hydrogens is 262 g/mol. The van der Waals surface area contributed by atoms with Gasteiger partial charge in [0.15, 0.2) is 0 Å². The lowest BCUT2D eigenvalue weighted by Gasteiger charge is -2.04. The number of aliphatic carboxylic acids is 1. The Morgan fingerprint density at radius 2 is 2.28 bits per heavy atom. The molecule has 0 radical (unpaired) electrons. The van der Waals surface area contributed by atoms with E-state index in [0.717, 1.165) is 18.4 Å². The van der Waals surface area contributed by atoms with Crippen molar-refractivity contribution in [2.45, 2.75) is 6.42 Å². The van der Waals surface area contributed by atoms with Crippen molar-refractivity contribution in [3.8, 4) is 0 Å². The van der Waals surface area contributed by atoms with Crippen molar-refractivity contribution in [1.82, 2.24) is 10.2 Å². The van der Waals surface area contributed by atoms with Crippen LogP contribution in [0.2, 0.25) is 0 Å². The number of anilines is 1. The van der Waals surface area contributed by atoms with E-state index >= 15 is 0 Å². The highest BCUT2D eigenvalue weighted by Crippen LogP contribution is 2.11. The number of nitrogens with one attached hydrogen (secondary N) is 1. The van der Waals surface area contributed by atoms with Crippen LogP contribution >= 0.6 is 11.3 Å². The van der Waals surface area contributed by atoms with Crippen LogP contribution in [0.25, 0.3) is 0 Å². The zero-order chi connectivity index (χ0) is 13.5. The van der Waals surface area contributed by atoms with Crippen molar-refractivity contribution >= 4 is 34.3 Å². The largest absolute Gasteiger partial charge is 0.478 e. The van der Waals surface area contributed by atoms with Crippen LogP contribution in [0.3, 0.4) is 0 Å². The van der Waals surface area contributed by atoms with Crippen LogP contribution in [0.4, 0.5) is 5.13 Å². The first-order valence-corrected chi connectivity index (χ1v) is 5.48. The highest BCUT2D eigenvalue weighted by Gasteiger charge is 2.16. The number of nitrogens with zero attached hydrogens (tertiary/aromatic N) is 2. The van der Waals surface area contributed by atoms with E-state index in [1.54, 1.807) is 0 Å². The maximum absolute atomic E-state index is 11.5. The van der Waals surface area contributed by atoms with Crippen LogP contribution in [-0.2, 0) is 19.1 Å². The Bertz CT molecular complexity index is 482. The Hall–Kier alpha value is -2.29. The third-order valence-corrected chi connectivity index (χ3v) is 2.31. The summed E-state index contributed by atoms with van der Waals surface area (Å²) in [5.74, 6) is -2.78. The Morgan fingerprint density at radius 1 is 1.56 bits per heavy atom. The molecule has 0 fully saturated rings. The molecule has 1 aromatic heterocycles. The summed E-state index contributed by atoms with van der Waals surface area (Å²) in [5.41, 5.74) is 1.16. The van der Waals surface area contributed by atoms with E-state index < -0.39 is 24.3 Å². The van der Waals surface area contributed by atoms with Crippen molar-refractivity contribution in [3.63, 3.8) is 0 Å². The summed E-state index contributed by atoms with van der Waals surface area (Å²) in [6, 6.07) is 0. The highest BCUT2D eigenvalue weighted by molar-refractivity contribution is 7.13. The van der Waals surface area contributed by atoms with Gasteiger partial charge in [0.25, 0.3) is 0 Å². The van der Waals surface area contributed by atoms with E-state index in [9.17, 15) is 14.4 Å². The van der Waals surface area contributed by atoms with Gasteiger partial charge in [0.1, 0.15) is 5.51 Å². The first-order valence-electron chi connectivity index (χ1n) is 4.60. The molecular formula is C9H9N3O5S. The molecule has 0 saturated carbocycles. The van der Waals surface area contributed by atoms with Crippen molar-refractivity contribution < 1.29 is 24.2 Å². The van der Waals surface area contributed by atoms with Crippen LogP contribution in [-0.4, -0.2) is 40.3 Å². The molecule has 0 bridgehead atoms. The smallest absolute Gasteiger partial charge is 0.334 e. The topological polar surface area (TPSA) is 118 Å². The SMILES string of the molecule is COC(=O)/C(=C/C(=O)O)CC(=O)Nc1nncs1. The Morgan fingerprint density at radius 3 is 2.78 bits per heavy atom. The number of esters is 1. The lowest BCUT2D eigenvalue weighted by molar-refractivity contribution is -0.138. The molecule has 1 aromatic rings. The molecule has 1 amide bonds. The molecule has 0 atom stereocenters. The summed E-state index contributed by atoms with van der Waals surface area (Å²) >= 11 is 1.10. The predicted molar refractivity (Wildman–Crippen MR) is 60.9 cm³/mol. The third-order valence-electron chi connectivity index (χ3n) is 1.70. The molecule has 0 aliphatic carbocycles. The molecule has 0 aliphatic heterocycles. The molecule has 0 spiro atoms. The van der Waals surface area contributed by atoms with E-state index in [1.807, 2.05) is 0 Å². The summed E-state index contributed by atoms with van der Waals surface area (Å²) in [4.78, 5) is 33.2. The fraction of sp³-hybridized carbons (Fsp3) is 0.222. The molecule has 8 nitrogen and oxygen atoms in total. The summed E-state index contributed by atoms with van der Waals surface area (Å²) < 4.78 is 4.37. The maximum atomic E-state index is 11.5. The van der Waals surface area contributed by atoms with E-state index in [-0.39, 0.29) is 10.7 Å². The van der Waals surface area contributed by atoms with E-state index in [4.69, 9.17) is 5.11 Å². The minimum absolute atomic E-state index is 0.257. The lowest BCUT2D eigenvalue weighted by Crippen LogP contribution is -2.17.